The molecule has 1 N–H and O–H groups in total. The molecule has 0 saturated carbocycles. The van der Waals surface area contributed by atoms with Crippen LogP contribution in [-0.2, 0) is 6.42 Å². The van der Waals surface area contributed by atoms with Gasteiger partial charge in [-0.15, -0.1) is 22.9 Å². The summed E-state index contributed by atoms with van der Waals surface area (Å²) in [7, 11) is 0. The topological polar surface area (TPSA) is 12.0 Å². The van der Waals surface area contributed by atoms with Crippen LogP contribution in [0.5, 0.6) is 0 Å². The van der Waals surface area contributed by atoms with E-state index in [0.29, 0.717) is 0 Å². The maximum Gasteiger partial charge on any atom is 0.0223 e. The molecule has 13 heavy (non-hydrogen) atoms. The first-order chi connectivity index (χ1) is 6.43. The van der Waals surface area contributed by atoms with Gasteiger partial charge in [0.15, 0.2) is 0 Å². The third-order valence-electron chi connectivity index (χ3n) is 1.87. The largest absolute Gasteiger partial charge is 0.316 e. The summed E-state index contributed by atoms with van der Waals surface area (Å²) in [6.45, 7) is 2.18. The van der Waals surface area contributed by atoms with Crippen LogP contribution in [0.25, 0.3) is 0 Å². The van der Waals surface area contributed by atoms with Crippen molar-refractivity contribution in [2.75, 3.05) is 19.0 Å². The van der Waals surface area contributed by atoms with E-state index >= 15 is 0 Å². The van der Waals surface area contributed by atoms with Crippen molar-refractivity contribution in [3.05, 3.63) is 22.4 Å². The van der Waals surface area contributed by atoms with Gasteiger partial charge in [0.05, 0.1) is 0 Å². The van der Waals surface area contributed by atoms with Gasteiger partial charge in [0, 0.05) is 10.8 Å². The van der Waals surface area contributed by atoms with E-state index in [-0.39, 0.29) is 0 Å². The zero-order valence-corrected chi connectivity index (χ0v) is 9.33. The standard InChI is InChI=1S/C10H16ClNS/c11-6-1-2-7-12-8-5-10-4-3-9-13-10/h3-4,9,12H,1-2,5-8H2. The van der Waals surface area contributed by atoms with Gasteiger partial charge in [-0.1, -0.05) is 6.07 Å². The van der Waals surface area contributed by atoms with Crippen LogP contribution >= 0.6 is 22.9 Å². The van der Waals surface area contributed by atoms with Crippen molar-refractivity contribution in [2.24, 2.45) is 0 Å². The summed E-state index contributed by atoms with van der Waals surface area (Å²) in [6.07, 6.45) is 3.46. The highest BCUT2D eigenvalue weighted by Gasteiger charge is 1.92. The van der Waals surface area contributed by atoms with E-state index in [2.05, 4.69) is 22.8 Å². The van der Waals surface area contributed by atoms with Crippen LogP contribution in [0.2, 0.25) is 0 Å². The second-order valence-corrected chi connectivity index (χ2v) is 4.39. The molecule has 0 aliphatic carbocycles. The lowest BCUT2D eigenvalue weighted by Gasteiger charge is -2.01. The predicted octanol–water partition coefficient (Wildman–Crippen LogP) is 2.90. The minimum Gasteiger partial charge on any atom is -0.316 e. The highest BCUT2D eigenvalue weighted by molar-refractivity contribution is 7.09. The molecule has 1 nitrogen and oxygen atoms in total. The van der Waals surface area contributed by atoms with Gasteiger partial charge in [-0.25, -0.2) is 0 Å². The zero-order chi connectivity index (χ0) is 9.36. The van der Waals surface area contributed by atoms with E-state index in [1.54, 1.807) is 0 Å². The van der Waals surface area contributed by atoms with Crippen LogP contribution in [-0.4, -0.2) is 19.0 Å². The molecule has 74 valence electrons. The van der Waals surface area contributed by atoms with Crippen molar-refractivity contribution >= 4 is 22.9 Å². The molecule has 0 spiro atoms. The van der Waals surface area contributed by atoms with Crippen LogP contribution in [0.4, 0.5) is 0 Å². The summed E-state index contributed by atoms with van der Waals surface area (Å²) in [5.41, 5.74) is 0. The fourth-order valence-electron chi connectivity index (χ4n) is 1.14. The zero-order valence-electron chi connectivity index (χ0n) is 7.76. The molecular formula is C10H16ClNS. The molecule has 0 aromatic carbocycles. The lowest BCUT2D eigenvalue weighted by Crippen LogP contribution is -2.18. The Morgan fingerprint density at radius 2 is 2.23 bits per heavy atom. The fraction of sp³-hybridized carbons (Fsp3) is 0.600. The number of unbranched alkanes of at least 4 members (excludes halogenated alkanes) is 1. The molecule has 0 saturated heterocycles. The molecule has 1 aromatic heterocycles. The number of rotatable bonds is 7. The second kappa shape index (κ2) is 7.36. The van der Waals surface area contributed by atoms with Gasteiger partial charge in [0.2, 0.25) is 0 Å². The molecule has 0 radical (unpaired) electrons. The van der Waals surface area contributed by atoms with Crippen LogP contribution < -0.4 is 5.32 Å². The van der Waals surface area contributed by atoms with Crippen LogP contribution in [0, 0.1) is 0 Å². The van der Waals surface area contributed by atoms with Gasteiger partial charge in [-0.05, 0) is 43.8 Å². The highest BCUT2D eigenvalue weighted by Crippen LogP contribution is 2.07. The Morgan fingerprint density at radius 1 is 1.31 bits per heavy atom. The Morgan fingerprint density at radius 3 is 2.92 bits per heavy atom. The van der Waals surface area contributed by atoms with Gasteiger partial charge >= 0.3 is 0 Å². The third kappa shape index (κ3) is 5.29. The maximum absolute atomic E-state index is 5.57. The summed E-state index contributed by atoms with van der Waals surface area (Å²) >= 11 is 7.40. The lowest BCUT2D eigenvalue weighted by molar-refractivity contribution is 0.644. The average molecular weight is 218 g/mol. The normalized spacial score (nSPS) is 10.5. The van der Waals surface area contributed by atoms with E-state index < -0.39 is 0 Å². The molecule has 1 rings (SSSR count). The first kappa shape index (κ1) is 11.0. The smallest absolute Gasteiger partial charge is 0.0223 e. The van der Waals surface area contributed by atoms with Crippen molar-refractivity contribution in [3.63, 3.8) is 0 Å². The molecule has 1 aromatic rings. The van der Waals surface area contributed by atoms with Crippen molar-refractivity contribution in [1.82, 2.24) is 5.32 Å². The first-order valence-corrected chi connectivity index (χ1v) is 6.14. The van der Waals surface area contributed by atoms with Crippen molar-refractivity contribution in [1.29, 1.82) is 0 Å². The van der Waals surface area contributed by atoms with Gasteiger partial charge in [-0.2, -0.15) is 0 Å². The predicted molar refractivity (Wildman–Crippen MR) is 60.8 cm³/mol. The average Bonchev–Trinajstić information content (AvgIpc) is 2.63. The van der Waals surface area contributed by atoms with Gasteiger partial charge in [-0.3, -0.25) is 0 Å². The molecule has 0 aliphatic heterocycles. The third-order valence-corrected chi connectivity index (χ3v) is 3.07. The molecule has 3 heteroatoms. The highest BCUT2D eigenvalue weighted by atomic mass is 35.5. The van der Waals surface area contributed by atoms with E-state index in [9.17, 15) is 0 Å². The van der Waals surface area contributed by atoms with Crippen LogP contribution in [0.15, 0.2) is 17.5 Å². The summed E-state index contributed by atoms with van der Waals surface area (Å²) in [5, 5.41) is 5.53. The van der Waals surface area contributed by atoms with Gasteiger partial charge in [0.25, 0.3) is 0 Å². The van der Waals surface area contributed by atoms with E-state index in [1.807, 2.05) is 11.3 Å². The summed E-state index contributed by atoms with van der Waals surface area (Å²) < 4.78 is 0. The van der Waals surface area contributed by atoms with Crippen molar-refractivity contribution < 1.29 is 0 Å². The van der Waals surface area contributed by atoms with Crippen LogP contribution in [0.3, 0.4) is 0 Å². The molecule has 0 fully saturated rings. The summed E-state index contributed by atoms with van der Waals surface area (Å²) in [4.78, 5) is 1.46. The Bertz CT molecular complexity index is 199. The lowest BCUT2D eigenvalue weighted by atomic mass is 10.3. The van der Waals surface area contributed by atoms with E-state index in [1.165, 1.54) is 11.3 Å². The SMILES string of the molecule is ClCCCCNCCc1cccs1. The molecule has 0 bridgehead atoms. The fourth-order valence-corrected chi connectivity index (χ4v) is 2.03. The second-order valence-electron chi connectivity index (χ2n) is 2.98. The number of hydrogen-bond acceptors (Lipinski definition) is 2. The molecule has 0 unspecified atom stereocenters. The molecule has 1 heterocycles. The number of nitrogens with one attached hydrogen (secondary N) is 1. The minimum atomic E-state index is 0.784. The van der Waals surface area contributed by atoms with E-state index in [0.717, 1.165) is 31.8 Å². The Labute approximate surface area is 89.1 Å². The Kier molecular flexibility index (Phi) is 6.25. The van der Waals surface area contributed by atoms with Gasteiger partial charge < -0.3 is 5.32 Å². The van der Waals surface area contributed by atoms with Crippen molar-refractivity contribution in [3.8, 4) is 0 Å². The monoisotopic (exact) mass is 217 g/mol. The number of alkyl halides is 1. The maximum atomic E-state index is 5.57. The number of thiophene rings is 1. The Hall–Kier alpha value is -0.0500. The molecule has 0 atom stereocenters. The quantitative estimate of drug-likeness (QED) is 0.547. The summed E-state index contributed by atoms with van der Waals surface area (Å²) in [6, 6.07) is 4.29. The van der Waals surface area contributed by atoms with Gasteiger partial charge in [0.1, 0.15) is 0 Å². The molecule has 0 amide bonds. The molecular weight excluding hydrogens is 202 g/mol. The molecule has 0 aliphatic rings. The summed E-state index contributed by atoms with van der Waals surface area (Å²) in [5.74, 6) is 0.784. The first-order valence-electron chi connectivity index (χ1n) is 4.72. The Balaban J connectivity index is 1.90. The van der Waals surface area contributed by atoms with Crippen molar-refractivity contribution in [2.45, 2.75) is 19.3 Å². The van der Waals surface area contributed by atoms with Crippen LogP contribution in [0.1, 0.15) is 17.7 Å². The minimum absolute atomic E-state index is 0.784. The number of halogens is 1. The van der Waals surface area contributed by atoms with E-state index in [4.69, 9.17) is 11.6 Å². The number of hydrogen-bond donors (Lipinski definition) is 1.